The molecule has 0 aromatic carbocycles. The topological polar surface area (TPSA) is 50.4 Å². The minimum absolute atomic E-state index is 0.0393. The van der Waals surface area contributed by atoms with Crippen molar-refractivity contribution in [3.63, 3.8) is 0 Å². The molecule has 1 aliphatic rings. The predicted molar refractivity (Wildman–Crippen MR) is 41.7 cm³/mol. The summed E-state index contributed by atoms with van der Waals surface area (Å²) in [5.41, 5.74) is 0. The molecule has 2 N–H and O–H groups in total. The summed E-state index contributed by atoms with van der Waals surface area (Å²) < 4.78 is 41.5. The lowest BCUT2D eigenvalue weighted by Crippen LogP contribution is -2.38. The van der Waals surface area contributed by atoms with Crippen LogP contribution in [0.15, 0.2) is 0 Å². The Hall–Kier alpha value is -0.980. The molecule has 0 bridgehead atoms. The van der Waals surface area contributed by atoms with Crippen LogP contribution in [0, 0.1) is 5.92 Å². The summed E-state index contributed by atoms with van der Waals surface area (Å²) in [7, 11) is 1.30. The van der Waals surface area contributed by atoms with Crippen molar-refractivity contribution >= 4 is 6.09 Å². The molecule has 0 aromatic heterocycles. The van der Waals surface area contributed by atoms with Gasteiger partial charge in [0, 0.05) is 20.1 Å². The Morgan fingerprint density at radius 1 is 1.50 bits per heavy atom. The molecule has 0 spiro atoms. The third-order valence-electron chi connectivity index (χ3n) is 2.04. The van der Waals surface area contributed by atoms with Gasteiger partial charge in [0.05, 0.1) is 0 Å². The number of carbonyl (C=O) groups is 1. The number of hydrogen-bond donors (Lipinski definition) is 2. The number of alkyl halides is 3. The van der Waals surface area contributed by atoms with E-state index < -0.39 is 24.3 Å². The lowest BCUT2D eigenvalue weighted by Gasteiger charge is -2.20. The van der Waals surface area contributed by atoms with Gasteiger partial charge in [-0.15, -0.1) is 0 Å². The number of hydrogen-bond acceptors (Lipinski definition) is 3. The van der Waals surface area contributed by atoms with Crippen molar-refractivity contribution in [2.75, 3.05) is 20.1 Å². The van der Waals surface area contributed by atoms with Gasteiger partial charge in [-0.2, -0.15) is 13.2 Å². The number of nitrogens with one attached hydrogen (secondary N) is 2. The lowest BCUT2D eigenvalue weighted by molar-refractivity contribution is -0.187. The van der Waals surface area contributed by atoms with Crippen molar-refractivity contribution in [2.45, 2.75) is 12.3 Å². The second-order valence-electron chi connectivity index (χ2n) is 3.00. The number of halogens is 3. The van der Waals surface area contributed by atoms with Crippen LogP contribution in [0.25, 0.3) is 0 Å². The Bertz CT molecular complexity index is 219. The largest absolute Gasteiger partial charge is 0.444 e. The zero-order chi connectivity index (χ0) is 10.8. The highest BCUT2D eigenvalue weighted by atomic mass is 19.4. The van der Waals surface area contributed by atoms with Crippen LogP contribution in [0.1, 0.15) is 0 Å². The van der Waals surface area contributed by atoms with Crippen molar-refractivity contribution < 1.29 is 22.7 Å². The summed E-state index contributed by atoms with van der Waals surface area (Å²) >= 11 is 0. The van der Waals surface area contributed by atoms with Gasteiger partial charge < -0.3 is 15.4 Å². The maximum absolute atomic E-state index is 12.3. The molecular weight excluding hydrogens is 201 g/mol. The summed E-state index contributed by atoms with van der Waals surface area (Å²) in [4.78, 5) is 10.7. The standard InChI is InChI=1S/C7H11F3N2O2/c1-11-6(13)14-5-3-12-2-4(5)7(8,9)10/h4-5,12H,2-3H2,1H3,(H,11,13)/t4-,5-/m1/s1. The molecule has 7 heteroatoms. The summed E-state index contributed by atoms with van der Waals surface area (Å²) in [5.74, 6) is -1.61. The van der Waals surface area contributed by atoms with E-state index in [-0.39, 0.29) is 13.1 Å². The van der Waals surface area contributed by atoms with Crippen molar-refractivity contribution in [1.82, 2.24) is 10.6 Å². The van der Waals surface area contributed by atoms with E-state index in [0.717, 1.165) is 0 Å². The van der Waals surface area contributed by atoms with Crippen LogP contribution in [0.2, 0.25) is 0 Å². The average Bonchev–Trinajstić information content (AvgIpc) is 2.51. The molecule has 1 fully saturated rings. The first-order valence-corrected chi connectivity index (χ1v) is 4.11. The van der Waals surface area contributed by atoms with E-state index in [1.54, 1.807) is 0 Å². The van der Waals surface area contributed by atoms with Crippen LogP contribution < -0.4 is 10.6 Å². The van der Waals surface area contributed by atoms with Gasteiger partial charge in [-0.25, -0.2) is 4.79 Å². The molecule has 2 atom stereocenters. The fraction of sp³-hybridized carbons (Fsp3) is 0.857. The maximum Gasteiger partial charge on any atom is 0.407 e. The van der Waals surface area contributed by atoms with E-state index in [1.807, 2.05) is 0 Å². The maximum atomic E-state index is 12.3. The Labute approximate surface area is 78.8 Å². The van der Waals surface area contributed by atoms with Gasteiger partial charge in [0.15, 0.2) is 0 Å². The van der Waals surface area contributed by atoms with E-state index in [9.17, 15) is 18.0 Å². The molecule has 1 aliphatic heterocycles. The van der Waals surface area contributed by atoms with E-state index in [0.29, 0.717) is 0 Å². The molecule has 0 radical (unpaired) electrons. The molecule has 0 aliphatic carbocycles. The molecule has 1 saturated heterocycles. The first-order chi connectivity index (χ1) is 6.45. The van der Waals surface area contributed by atoms with Gasteiger partial charge >= 0.3 is 12.3 Å². The molecule has 14 heavy (non-hydrogen) atoms. The first kappa shape index (κ1) is 11.1. The van der Waals surface area contributed by atoms with Crippen molar-refractivity contribution in [1.29, 1.82) is 0 Å². The second kappa shape index (κ2) is 4.04. The highest BCUT2D eigenvalue weighted by Crippen LogP contribution is 2.32. The minimum atomic E-state index is -4.33. The fourth-order valence-electron chi connectivity index (χ4n) is 1.30. The number of ether oxygens (including phenoxy) is 1. The number of alkyl carbamates (subject to hydrolysis) is 1. The number of amides is 1. The molecule has 4 nitrogen and oxygen atoms in total. The quantitative estimate of drug-likeness (QED) is 0.665. The molecule has 1 amide bonds. The molecule has 0 unspecified atom stereocenters. The van der Waals surface area contributed by atoms with E-state index in [4.69, 9.17) is 0 Å². The Morgan fingerprint density at radius 2 is 2.14 bits per heavy atom. The van der Waals surface area contributed by atoms with Crippen molar-refractivity contribution in [2.24, 2.45) is 5.92 Å². The molecule has 1 heterocycles. The number of carbonyl (C=O) groups excluding carboxylic acids is 1. The summed E-state index contributed by atoms with van der Waals surface area (Å²) in [6.45, 7) is -0.164. The normalized spacial score (nSPS) is 27.4. The molecular formula is C7H11F3N2O2. The van der Waals surface area contributed by atoms with Gasteiger partial charge in [0.1, 0.15) is 12.0 Å². The van der Waals surface area contributed by atoms with Crippen molar-refractivity contribution in [3.8, 4) is 0 Å². The van der Waals surface area contributed by atoms with E-state index in [2.05, 4.69) is 15.4 Å². The van der Waals surface area contributed by atoms with Crippen LogP contribution in [0.5, 0.6) is 0 Å². The third-order valence-corrected chi connectivity index (χ3v) is 2.04. The van der Waals surface area contributed by atoms with Gasteiger partial charge in [-0.1, -0.05) is 0 Å². The fourth-order valence-corrected chi connectivity index (χ4v) is 1.30. The van der Waals surface area contributed by atoms with Crippen LogP contribution in [0.4, 0.5) is 18.0 Å². The molecule has 0 aromatic rings. The highest BCUT2D eigenvalue weighted by molar-refractivity contribution is 5.66. The predicted octanol–water partition coefficient (Wildman–Crippen LogP) is 0.493. The summed E-state index contributed by atoms with van der Waals surface area (Å²) in [6, 6.07) is 0. The van der Waals surface area contributed by atoms with E-state index >= 15 is 0 Å². The number of rotatable bonds is 1. The molecule has 0 saturated carbocycles. The Morgan fingerprint density at radius 3 is 2.64 bits per heavy atom. The summed E-state index contributed by atoms with van der Waals surface area (Å²) in [5, 5.41) is 4.64. The van der Waals surface area contributed by atoms with Crippen LogP contribution in [-0.2, 0) is 4.74 Å². The smallest absolute Gasteiger partial charge is 0.407 e. The van der Waals surface area contributed by atoms with Crippen LogP contribution in [-0.4, -0.2) is 38.5 Å². The minimum Gasteiger partial charge on any atom is -0.444 e. The Balaban J connectivity index is 2.56. The summed E-state index contributed by atoms with van der Waals surface area (Å²) in [6.07, 6.45) is -6.30. The van der Waals surface area contributed by atoms with Crippen molar-refractivity contribution in [3.05, 3.63) is 0 Å². The van der Waals surface area contributed by atoms with E-state index in [1.165, 1.54) is 7.05 Å². The second-order valence-corrected chi connectivity index (χ2v) is 3.00. The van der Waals surface area contributed by atoms with Gasteiger partial charge in [-0.3, -0.25) is 0 Å². The molecule has 1 rings (SSSR count). The van der Waals surface area contributed by atoms with Gasteiger partial charge in [-0.05, 0) is 0 Å². The Kier molecular flexibility index (Phi) is 3.20. The lowest BCUT2D eigenvalue weighted by atomic mass is 10.1. The molecule has 82 valence electrons. The zero-order valence-electron chi connectivity index (χ0n) is 7.52. The SMILES string of the molecule is CNC(=O)O[C@@H]1CNC[C@H]1C(F)(F)F. The first-order valence-electron chi connectivity index (χ1n) is 4.11. The monoisotopic (exact) mass is 212 g/mol. The highest BCUT2D eigenvalue weighted by Gasteiger charge is 2.48. The third kappa shape index (κ3) is 2.50. The van der Waals surface area contributed by atoms with Gasteiger partial charge in [0.25, 0.3) is 0 Å². The van der Waals surface area contributed by atoms with Crippen LogP contribution in [0.3, 0.4) is 0 Å². The average molecular weight is 212 g/mol. The zero-order valence-corrected chi connectivity index (χ0v) is 7.52. The van der Waals surface area contributed by atoms with Crippen LogP contribution >= 0.6 is 0 Å². The van der Waals surface area contributed by atoms with Gasteiger partial charge in [0.2, 0.25) is 0 Å².